The monoisotopic (exact) mass is 680 g/mol. The lowest BCUT2D eigenvalue weighted by molar-refractivity contribution is 0.661. The summed E-state index contributed by atoms with van der Waals surface area (Å²) in [6, 6.07) is 57.1. The number of rotatable bonds is 6. The van der Waals surface area contributed by atoms with E-state index in [0.717, 1.165) is 34.1 Å². The van der Waals surface area contributed by atoms with Gasteiger partial charge in [0.05, 0.1) is 29.5 Å². The molecule has 9 aromatic rings. The number of aromatic nitrogens is 2. The van der Waals surface area contributed by atoms with Gasteiger partial charge < -0.3 is 9.80 Å². The Morgan fingerprint density at radius 3 is 1.57 bits per heavy atom. The normalized spacial score (nSPS) is 12.9. The van der Waals surface area contributed by atoms with E-state index < -0.39 is 0 Å². The van der Waals surface area contributed by atoms with Crippen molar-refractivity contribution in [3.05, 3.63) is 194 Å². The van der Waals surface area contributed by atoms with Gasteiger partial charge in [0.1, 0.15) is 0 Å². The maximum absolute atomic E-state index is 4.57. The van der Waals surface area contributed by atoms with Crippen LogP contribution >= 0.6 is 0 Å². The quantitative estimate of drug-likeness (QED) is 0.175. The van der Waals surface area contributed by atoms with Crippen LogP contribution in [-0.4, -0.2) is 9.97 Å². The van der Waals surface area contributed by atoms with Crippen molar-refractivity contribution >= 4 is 66.4 Å². The third-order valence-corrected chi connectivity index (χ3v) is 10.9. The Kier molecular flexibility index (Phi) is 7.12. The SMILES string of the molecule is CC1(C)c2cc(N(c3cccnc3)c3ccc4ccccc4c3)ccc2-c2c1cc(N(c1cccnc1)c1ccc3ccccc3c1)c1ccccc21. The molecule has 0 spiro atoms. The number of pyridine rings is 2. The topological polar surface area (TPSA) is 32.3 Å². The predicted octanol–water partition coefficient (Wildman–Crippen LogP) is 13.2. The Balaban J connectivity index is 1.17. The molecule has 2 aromatic heterocycles. The van der Waals surface area contributed by atoms with Gasteiger partial charge in [0, 0.05) is 40.3 Å². The summed E-state index contributed by atoms with van der Waals surface area (Å²) in [4.78, 5) is 13.8. The van der Waals surface area contributed by atoms with Crippen molar-refractivity contribution in [2.45, 2.75) is 19.3 Å². The molecular weight excluding hydrogens is 645 g/mol. The van der Waals surface area contributed by atoms with Crippen molar-refractivity contribution < 1.29 is 0 Å². The van der Waals surface area contributed by atoms with Crippen molar-refractivity contribution in [2.24, 2.45) is 0 Å². The Bertz CT molecular complexity index is 2830. The largest absolute Gasteiger partial charge is 0.309 e. The van der Waals surface area contributed by atoms with E-state index in [0.29, 0.717) is 0 Å². The lowest BCUT2D eigenvalue weighted by atomic mass is 9.81. The number of hydrogen-bond acceptors (Lipinski definition) is 4. The molecule has 53 heavy (non-hydrogen) atoms. The van der Waals surface area contributed by atoms with Crippen LogP contribution in [0, 0.1) is 0 Å². The van der Waals surface area contributed by atoms with Gasteiger partial charge >= 0.3 is 0 Å². The standard InChI is InChI=1S/C49H36N4/c1-49(2)45-29-39(52(40-15-9-25-50-31-40)37-21-19-33-11-3-5-13-35(33)27-37)23-24-44(45)48-43-18-8-7-17-42(43)47(30-46(48)49)53(41-16-10-26-51-32-41)38-22-20-34-12-4-6-14-36(34)28-38/h3-32H,1-2H3. The Morgan fingerprint density at radius 1 is 0.415 bits per heavy atom. The zero-order valence-electron chi connectivity index (χ0n) is 29.6. The summed E-state index contributed by atoms with van der Waals surface area (Å²) < 4.78 is 0. The number of hydrogen-bond donors (Lipinski definition) is 0. The molecule has 0 saturated heterocycles. The number of benzene rings is 7. The summed E-state index contributed by atoms with van der Waals surface area (Å²) in [5.41, 5.74) is 11.4. The molecular formula is C49H36N4. The molecule has 0 amide bonds. The number of nitrogens with zero attached hydrogens (tertiary/aromatic N) is 4. The van der Waals surface area contributed by atoms with Gasteiger partial charge in [-0.1, -0.05) is 105 Å². The summed E-state index contributed by atoms with van der Waals surface area (Å²) in [6.45, 7) is 4.74. The highest BCUT2D eigenvalue weighted by molar-refractivity contribution is 6.10. The summed E-state index contributed by atoms with van der Waals surface area (Å²) in [5.74, 6) is 0. The first-order chi connectivity index (χ1) is 26.0. The average molecular weight is 681 g/mol. The van der Waals surface area contributed by atoms with E-state index in [-0.39, 0.29) is 5.41 Å². The van der Waals surface area contributed by atoms with Crippen molar-refractivity contribution in [1.82, 2.24) is 9.97 Å². The first kappa shape index (κ1) is 31.0. The highest BCUT2D eigenvalue weighted by Gasteiger charge is 2.38. The third kappa shape index (κ3) is 5.06. The van der Waals surface area contributed by atoms with Crippen LogP contribution < -0.4 is 9.80 Å². The van der Waals surface area contributed by atoms with Crippen molar-refractivity contribution in [2.75, 3.05) is 9.80 Å². The molecule has 252 valence electrons. The minimum atomic E-state index is -0.284. The summed E-state index contributed by atoms with van der Waals surface area (Å²) >= 11 is 0. The lowest BCUT2D eigenvalue weighted by Gasteiger charge is -2.30. The first-order valence-electron chi connectivity index (χ1n) is 18.1. The molecule has 0 unspecified atom stereocenters. The lowest BCUT2D eigenvalue weighted by Crippen LogP contribution is -2.18. The average Bonchev–Trinajstić information content (AvgIpc) is 3.44. The van der Waals surface area contributed by atoms with Crippen LogP contribution in [0.1, 0.15) is 25.0 Å². The zero-order valence-corrected chi connectivity index (χ0v) is 29.6. The van der Waals surface area contributed by atoms with Crippen LogP contribution in [0.15, 0.2) is 183 Å². The van der Waals surface area contributed by atoms with E-state index in [1.54, 1.807) is 0 Å². The minimum Gasteiger partial charge on any atom is -0.309 e. The maximum atomic E-state index is 4.57. The van der Waals surface area contributed by atoms with E-state index in [1.165, 1.54) is 54.6 Å². The molecule has 7 aromatic carbocycles. The van der Waals surface area contributed by atoms with Gasteiger partial charge in [0.15, 0.2) is 0 Å². The molecule has 1 aliphatic carbocycles. The fraction of sp³-hybridized carbons (Fsp3) is 0.0612. The van der Waals surface area contributed by atoms with E-state index in [9.17, 15) is 0 Å². The van der Waals surface area contributed by atoms with E-state index in [4.69, 9.17) is 0 Å². The van der Waals surface area contributed by atoms with Crippen LogP contribution in [0.25, 0.3) is 43.4 Å². The van der Waals surface area contributed by atoms with Crippen LogP contribution in [0.4, 0.5) is 34.1 Å². The van der Waals surface area contributed by atoms with Crippen LogP contribution in [-0.2, 0) is 5.41 Å². The molecule has 1 aliphatic rings. The van der Waals surface area contributed by atoms with Crippen LogP contribution in [0.2, 0.25) is 0 Å². The van der Waals surface area contributed by atoms with E-state index in [2.05, 4.69) is 179 Å². The second-order valence-corrected chi connectivity index (χ2v) is 14.4. The van der Waals surface area contributed by atoms with E-state index >= 15 is 0 Å². The van der Waals surface area contributed by atoms with E-state index in [1.807, 2.05) is 36.9 Å². The van der Waals surface area contributed by atoms with Crippen molar-refractivity contribution in [3.8, 4) is 11.1 Å². The van der Waals surface area contributed by atoms with Crippen molar-refractivity contribution in [1.29, 1.82) is 0 Å². The highest BCUT2D eigenvalue weighted by atomic mass is 15.2. The molecule has 10 rings (SSSR count). The Labute approximate surface area is 309 Å². The molecule has 0 bridgehead atoms. The Morgan fingerprint density at radius 2 is 0.943 bits per heavy atom. The molecule has 0 fully saturated rings. The molecule has 0 N–H and O–H groups in total. The van der Waals surface area contributed by atoms with Gasteiger partial charge in [-0.3, -0.25) is 9.97 Å². The summed E-state index contributed by atoms with van der Waals surface area (Å²) in [5, 5.41) is 7.29. The fourth-order valence-corrected chi connectivity index (χ4v) is 8.35. The highest BCUT2D eigenvalue weighted by Crippen LogP contribution is 2.55. The van der Waals surface area contributed by atoms with Crippen LogP contribution in [0.3, 0.4) is 0 Å². The summed E-state index contributed by atoms with van der Waals surface area (Å²) in [6.07, 6.45) is 7.58. The molecule has 4 heteroatoms. The van der Waals surface area contributed by atoms with Gasteiger partial charge in [-0.2, -0.15) is 0 Å². The van der Waals surface area contributed by atoms with Crippen molar-refractivity contribution in [3.63, 3.8) is 0 Å². The summed E-state index contributed by atoms with van der Waals surface area (Å²) in [7, 11) is 0. The van der Waals surface area contributed by atoms with Gasteiger partial charge in [0.25, 0.3) is 0 Å². The molecule has 0 atom stereocenters. The van der Waals surface area contributed by atoms with Gasteiger partial charge in [-0.05, 0) is 116 Å². The second-order valence-electron chi connectivity index (χ2n) is 14.4. The second kappa shape index (κ2) is 12.2. The molecule has 2 heterocycles. The molecule has 0 saturated carbocycles. The Hall–Kier alpha value is -6.78. The first-order valence-corrected chi connectivity index (χ1v) is 18.1. The molecule has 0 radical (unpaired) electrons. The fourth-order valence-electron chi connectivity index (χ4n) is 8.35. The number of anilines is 6. The zero-order chi connectivity index (χ0) is 35.5. The smallest absolute Gasteiger partial charge is 0.0645 e. The predicted molar refractivity (Wildman–Crippen MR) is 221 cm³/mol. The minimum absolute atomic E-state index is 0.284. The maximum Gasteiger partial charge on any atom is 0.0645 e. The van der Waals surface area contributed by atoms with Gasteiger partial charge in [0.2, 0.25) is 0 Å². The molecule has 0 aliphatic heterocycles. The van der Waals surface area contributed by atoms with Crippen LogP contribution in [0.5, 0.6) is 0 Å². The molecule has 4 nitrogen and oxygen atoms in total. The van der Waals surface area contributed by atoms with Gasteiger partial charge in [-0.25, -0.2) is 0 Å². The third-order valence-electron chi connectivity index (χ3n) is 10.9. The number of fused-ring (bicyclic) bond motifs is 7. The van der Waals surface area contributed by atoms with Gasteiger partial charge in [-0.15, -0.1) is 0 Å².